The van der Waals surface area contributed by atoms with Crippen LogP contribution in [0.5, 0.6) is 0 Å². The summed E-state index contributed by atoms with van der Waals surface area (Å²) in [4.78, 5) is 9.61. The number of hydrogen-bond acceptors (Lipinski definition) is 5. The topological polar surface area (TPSA) is 61.6 Å². The molecule has 0 aliphatic rings. The molecule has 92 valence electrons. The van der Waals surface area contributed by atoms with E-state index in [0.29, 0.717) is 10.8 Å². The first kappa shape index (κ1) is 12.8. The standard InChI is InChI=1S/C12H11ClN4S/c1-7-6-15-12(18-7)8(2)16-11-4-3-9(13)10(5-14)17-11/h3-4,6,8H,1-2H3,(H,16,17). The Morgan fingerprint density at radius 1 is 1.50 bits per heavy atom. The van der Waals surface area contributed by atoms with Gasteiger partial charge in [-0.3, -0.25) is 0 Å². The van der Waals surface area contributed by atoms with E-state index in [2.05, 4.69) is 15.3 Å². The molecule has 1 N–H and O–H groups in total. The molecule has 2 heterocycles. The van der Waals surface area contributed by atoms with Crippen LogP contribution in [0, 0.1) is 18.3 Å². The molecule has 18 heavy (non-hydrogen) atoms. The summed E-state index contributed by atoms with van der Waals surface area (Å²) in [6.07, 6.45) is 1.84. The van der Waals surface area contributed by atoms with Gasteiger partial charge in [0.25, 0.3) is 0 Å². The summed E-state index contributed by atoms with van der Waals surface area (Å²) in [5.41, 5.74) is 0.226. The molecular formula is C12H11ClN4S. The van der Waals surface area contributed by atoms with Crippen LogP contribution in [-0.2, 0) is 0 Å². The molecule has 2 aromatic heterocycles. The number of thiazole rings is 1. The highest BCUT2D eigenvalue weighted by Gasteiger charge is 2.11. The van der Waals surface area contributed by atoms with Gasteiger partial charge >= 0.3 is 0 Å². The highest BCUT2D eigenvalue weighted by atomic mass is 35.5. The lowest BCUT2D eigenvalue weighted by molar-refractivity contribution is 0.860. The Morgan fingerprint density at radius 2 is 2.28 bits per heavy atom. The minimum Gasteiger partial charge on any atom is -0.361 e. The lowest BCUT2D eigenvalue weighted by Crippen LogP contribution is -2.08. The second-order valence-electron chi connectivity index (χ2n) is 3.81. The van der Waals surface area contributed by atoms with Crippen molar-refractivity contribution in [2.45, 2.75) is 19.9 Å². The third-order valence-corrected chi connectivity index (χ3v) is 3.73. The predicted molar refractivity (Wildman–Crippen MR) is 72.9 cm³/mol. The highest BCUT2D eigenvalue weighted by molar-refractivity contribution is 7.11. The number of hydrogen-bond donors (Lipinski definition) is 1. The Bertz CT molecular complexity index is 602. The van der Waals surface area contributed by atoms with Crippen LogP contribution >= 0.6 is 22.9 Å². The summed E-state index contributed by atoms with van der Waals surface area (Å²) in [5.74, 6) is 0.622. The summed E-state index contributed by atoms with van der Waals surface area (Å²) in [6, 6.07) is 5.41. The number of aromatic nitrogens is 2. The van der Waals surface area contributed by atoms with Gasteiger partial charge in [0, 0.05) is 11.1 Å². The molecule has 0 amide bonds. The molecule has 0 spiro atoms. The first-order valence-electron chi connectivity index (χ1n) is 5.35. The van der Waals surface area contributed by atoms with E-state index < -0.39 is 0 Å². The van der Waals surface area contributed by atoms with Crippen LogP contribution in [0.25, 0.3) is 0 Å². The minimum absolute atomic E-state index is 0.0453. The van der Waals surface area contributed by atoms with Gasteiger partial charge in [0.1, 0.15) is 16.9 Å². The lowest BCUT2D eigenvalue weighted by atomic mass is 10.3. The average Bonchev–Trinajstić information content (AvgIpc) is 2.78. The quantitative estimate of drug-likeness (QED) is 0.933. The monoisotopic (exact) mass is 278 g/mol. The normalized spacial score (nSPS) is 11.9. The van der Waals surface area contributed by atoms with E-state index in [-0.39, 0.29) is 11.7 Å². The molecule has 0 bridgehead atoms. The lowest BCUT2D eigenvalue weighted by Gasteiger charge is -2.12. The van der Waals surface area contributed by atoms with Gasteiger partial charge in [0.05, 0.1) is 11.1 Å². The first-order valence-corrected chi connectivity index (χ1v) is 6.55. The van der Waals surface area contributed by atoms with Gasteiger partial charge in [-0.25, -0.2) is 9.97 Å². The molecule has 1 unspecified atom stereocenters. The van der Waals surface area contributed by atoms with Crippen molar-refractivity contribution < 1.29 is 0 Å². The van der Waals surface area contributed by atoms with Crippen LogP contribution in [0.2, 0.25) is 5.02 Å². The Morgan fingerprint density at radius 3 is 2.89 bits per heavy atom. The fourth-order valence-corrected chi connectivity index (χ4v) is 2.38. The summed E-state index contributed by atoms with van der Waals surface area (Å²) in [7, 11) is 0. The van der Waals surface area contributed by atoms with E-state index in [1.165, 1.54) is 4.88 Å². The number of nitrogens with one attached hydrogen (secondary N) is 1. The zero-order valence-electron chi connectivity index (χ0n) is 9.94. The number of nitriles is 1. The van der Waals surface area contributed by atoms with Crippen LogP contribution in [-0.4, -0.2) is 9.97 Å². The second-order valence-corrected chi connectivity index (χ2v) is 5.49. The molecule has 4 nitrogen and oxygen atoms in total. The highest BCUT2D eigenvalue weighted by Crippen LogP contribution is 2.23. The molecule has 6 heteroatoms. The number of halogens is 1. The van der Waals surface area contributed by atoms with Gasteiger partial charge in [-0.1, -0.05) is 11.6 Å². The van der Waals surface area contributed by atoms with Gasteiger partial charge in [0.15, 0.2) is 5.69 Å². The fraction of sp³-hybridized carbons (Fsp3) is 0.250. The van der Waals surface area contributed by atoms with Gasteiger partial charge in [-0.2, -0.15) is 5.26 Å². The fourth-order valence-electron chi connectivity index (χ4n) is 1.46. The SMILES string of the molecule is Cc1cnc(C(C)Nc2ccc(Cl)c(C#N)n2)s1. The van der Waals surface area contributed by atoms with Crippen molar-refractivity contribution in [3.05, 3.63) is 38.9 Å². The third kappa shape index (κ3) is 2.78. The van der Waals surface area contributed by atoms with Crippen molar-refractivity contribution in [2.24, 2.45) is 0 Å². The summed E-state index contributed by atoms with van der Waals surface area (Å²) in [5, 5.41) is 13.4. The van der Waals surface area contributed by atoms with Crippen molar-refractivity contribution in [3.63, 3.8) is 0 Å². The smallest absolute Gasteiger partial charge is 0.161 e. The molecule has 0 radical (unpaired) electrons. The van der Waals surface area contributed by atoms with Crippen molar-refractivity contribution in [1.82, 2.24) is 9.97 Å². The molecule has 1 atom stereocenters. The van der Waals surface area contributed by atoms with Crippen molar-refractivity contribution in [2.75, 3.05) is 5.32 Å². The van der Waals surface area contributed by atoms with Gasteiger partial charge in [0.2, 0.25) is 0 Å². The molecule has 0 aliphatic heterocycles. The van der Waals surface area contributed by atoms with Crippen LogP contribution < -0.4 is 5.32 Å². The Labute approximate surface area is 114 Å². The van der Waals surface area contributed by atoms with Gasteiger partial charge < -0.3 is 5.32 Å². The molecule has 0 aromatic carbocycles. The van der Waals surface area contributed by atoms with E-state index in [0.717, 1.165) is 5.01 Å². The second kappa shape index (κ2) is 5.34. The molecule has 2 aromatic rings. The molecule has 2 rings (SSSR count). The van der Waals surface area contributed by atoms with Crippen molar-refractivity contribution in [3.8, 4) is 6.07 Å². The Hall–Kier alpha value is -1.64. The van der Waals surface area contributed by atoms with E-state index in [1.54, 1.807) is 23.5 Å². The van der Waals surface area contributed by atoms with Gasteiger partial charge in [-0.05, 0) is 26.0 Å². The Kier molecular flexibility index (Phi) is 3.80. The predicted octanol–water partition coefficient (Wildman–Crippen LogP) is 3.54. The van der Waals surface area contributed by atoms with Gasteiger partial charge in [-0.15, -0.1) is 11.3 Å². The van der Waals surface area contributed by atoms with Crippen molar-refractivity contribution >= 4 is 28.8 Å². The molecule has 0 aliphatic carbocycles. The van der Waals surface area contributed by atoms with Crippen LogP contribution in [0.15, 0.2) is 18.3 Å². The average molecular weight is 279 g/mol. The van der Waals surface area contributed by atoms with E-state index in [9.17, 15) is 0 Å². The summed E-state index contributed by atoms with van der Waals surface area (Å²) < 4.78 is 0. The zero-order valence-corrected chi connectivity index (χ0v) is 11.5. The molecular weight excluding hydrogens is 268 g/mol. The summed E-state index contributed by atoms with van der Waals surface area (Å²) in [6.45, 7) is 4.02. The maximum absolute atomic E-state index is 8.86. The molecule has 0 fully saturated rings. The maximum Gasteiger partial charge on any atom is 0.161 e. The Balaban J connectivity index is 2.17. The number of rotatable bonds is 3. The molecule has 0 saturated heterocycles. The number of nitrogens with zero attached hydrogens (tertiary/aromatic N) is 3. The first-order chi connectivity index (χ1) is 8.60. The van der Waals surface area contributed by atoms with Crippen molar-refractivity contribution in [1.29, 1.82) is 5.26 Å². The van der Waals surface area contributed by atoms with E-state index >= 15 is 0 Å². The maximum atomic E-state index is 8.86. The third-order valence-electron chi connectivity index (χ3n) is 2.33. The largest absolute Gasteiger partial charge is 0.361 e. The summed E-state index contributed by atoms with van der Waals surface area (Å²) >= 11 is 7.47. The number of aryl methyl sites for hydroxylation is 1. The van der Waals surface area contributed by atoms with Crippen LogP contribution in [0.4, 0.5) is 5.82 Å². The van der Waals surface area contributed by atoms with E-state index in [1.807, 2.05) is 26.1 Å². The van der Waals surface area contributed by atoms with Crippen LogP contribution in [0.3, 0.4) is 0 Å². The van der Waals surface area contributed by atoms with E-state index in [4.69, 9.17) is 16.9 Å². The molecule has 0 saturated carbocycles. The number of anilines is 1. The zero-order chi connectivity index (χ0) is 13.1. The number of pyridine rings is 1. The van der Waals surface area contributed by atoms with Crippen LogP contribution in [0.1, 0.15) is 28.5 Å². The minimum atomic E-state index is 0.0453.